The number of carbonyl (C=O) groups is 1. The highest BCUT2D eigenvalue weighted by Gasteiger charge is 2.07. The number of nitrogens with one attached hydrogen (secondary N) is 1. The predicted molar refractivity (Wildman–Crippen MR) is 67.0 cm³/mol. The predicted octanol–water partition coefficient (Wildman–Crippen LogP) is 2.45. The molecule has 0 aliphatic rings. The molecular formula is C13H11N3O. The fourth-order valence-corrected chi connectivity index (χ4v) is 2.03. The zero-order valence-electron chi connectivity index (χ0n) is 9.34. The van der Waals surface area contributed by atoms with Crippen LogP contribution in [0.4, 0.5) is 5.69 Å². The number of carbonyl (C=O) groups excluding carboxylic acids is 1. The van der Waals surface area contributed by atoms with Crippen LogP contribution in [0.1, 0.15) is 6.92 Å². The summed E-state index contributed by atoms with van der Waals surface area (Å²) in [4.78, 5) is 15.4. The molecule has 1 amide bonds. The Balaban J connectivity index is 2.39. The normalized spacial score (nSPS) is 10.9. The molecule has 0 fully saturated rings. The molecule has 0 radical (unpaired) electrons. The molecule has 0 aliphatic heterocycles. The lowest BCUT2D eigenvalue weighted by atomic mass is 10.2. The van der Waals surface area contributed by atoms with Crippen LogP contribution in [-0.4, -0.2) is 15.3 Å². The van der Waals surface area contributed by atoms with Crippen molar-refractivity contribution >= 4 is 28.1 Å². The minimum atomic E-state index is -0.0924. The van der Waals surface area contributed by atoms with Gasteiger partial charge in [0.1, 0.15) is 0 Å². The van der Waals surface area contributed by atoms with Crippen LogP contribution < -0.4 is 5.32 Å². The maximum Gasteiger partial charge on any atom is 0.221 e. The number of hydrogen-bond acceptors (Lipinski definition) is 2. The molecule has 3 rings (SSSR count). The van der Waals surface area contributed by atoms with Crippen molar-refractivity contribution in [3.63, 3.8) is 0 Å². The number of aromatic nitrogens is 2. The summed E-state index contributed by atoms with van der Waals surface area (Å²) < 4.78 is 1.97. The molecule has 0 spiro atoms. The van der Waals surface area contributed by atoms with Gasteiger partial charge in [-0.1, -0.05) is 18.2 Å². The van der Waals surface area contributed by atoms with Gasteiger partial charge in [-0.15, -0.1) is 0 Å². The topological polar surface area (TPSA) is 46.4 Å². The molecule has 0 saturated carbocycles. The number of pyridine rings is 1. The molecule has 2 aromatic heterocycles. The Morgan fingerprint density at radius 3 is 3.00 bits per heavy atom. The largest absolute Gasteiger partial charge is 0.323 e. The first-order valence-electron chi connectivity index (χ1n) is 5.38. The molecule has 1 aromatic carbocycles. The van der Waals surface area contributed by atoms with Gasteiger partial charge in [-0.2, -0.15) is 0 Å². The summed E-state index contributed by atoms with van der Waals surface area (Å²) >= 11 is 0. The van der Waals surface area contributed by atoms with Gasteiger partial charge in [-0.25, -0.2) is 4.98 Å². The van der Waals surface area contributed by atoms with E-state index in [1.807, 2.05) is 40.9 Å². The van der Waals surface area contributed by atoms with E-state index in [-0.39, 0.29) is 5.91 Å². The molecule has 4 heteroatoms. The molecule has 17 heavy (non-hydrogen) atoms. The van der Waals surface area contributed by atoms with E-state index in [1.54, 1.807) is 6.20 Å². The molecule has 0 atom stereocenters. The summed E-state index contributed by atoms with van der Waals surface area (Å²) in [5.41, 5.74) is 2.58. The van der Waals surface area contributed by atoms with E-state index in [4.69, 9.17) is 0 Å². The number of benzene rings is 1. The minimum Gasteiger partial charge on any atom is -0.323 e. The van der Waals surface area contributed by atoms with Crippen LogP contribution in [0, 0.1) is 0 Å². The highest BCUT2D eigenvalue weighted by Crippen LogP contribution is 2.23. The van der Waals surface area contributed by atoms with Crippen LogP contribution in [-0.2, 0) is 4.79 Å². The molecule has 1 N–H and O–H groups in total. The third kappa shape index (κ3) is 1.54. The Morgan fingerprint density at radius 1 is 1.35 bits per heavy atom. The number of amides is 1. The monoisotopic (exact) mass is 225 g/mol. The van der Waals surface area contributed by atoms with Gasteiger partial charge < -0.3 is 5.32 Å². The summed E-state index contributed by atoms with van der Waals surface area (Å²) in [6.07, 6.45) is 3.62. The highest BCUT2D eigenvalue weighted by molar-refractivity contribution is 5.97. The smallest absolute Gasteiger partial charge is 0.221 e. The minimum absolute atomic E-state index is 0.0924. The van der Waals surface area contributed by atoms with Gasteiger partial charge in [0.2, 0.25) is 5.91 Å². The van der Waals surface area contributed by atoms with Crippen LogP contribution >= 0.6 is 0 Å². The molecule has 3 aromatic rings. The van der Waals surface area contributed by atoms with Crippen molar-refractivity contribution in [1.29, 1.82) is 0 Å². The second-order valence-electron chi connectivity index (χ2n) is 3.92. The maximum atomic E-state index is 11.2. The number of para-hydroxylation sites is 1. The number of anilines is 1. The fraction of sp³-hybridized carbons (Fsp3) is 0.0769. The van der Waals surface area contributed by atoms with E-state index in [2.05, 4.69) is 10.3 Å². The Bertz CT molecular complexity index is 715. The van der Waals surface area contributed by atoms with Gasteiger partial charge >= 0.3 is 0 Å². The van der Waals surface area contributed by atoms with E-state index in [0.29, 0.717) is 0 Å². The van der Waals surface area contributed by atoms with E-state index >= 15 is 0 Å². The molecule has 2 heterocycles. The summed E-state index contributed by atoms with van der Waals surface area (Å²) in [6.45, 7) is 1.49. The first-order valence-corrected chi connectivity index (χ1v) is 5.38. The summed E-state index contributed by atoms with van der Waals surface area (Å²) in [7, 11) is 0. The highest BCUT2D eigenvalue weighted by atomic mass is 16.1. The number of imidazole rings is 1. The summed E-state index contributed by atoms with van der Waals surface area (Å²) in [6, 6.07) is 9.95. The Morgan fingerprint density at radius 2 is 2.18 bits per heavy atom. The van der Waals surface area contributed by atoms with Crippen molar-refractivity contribution in [1.82, 2.24) is 9.38 Å². The van der Waals surface area contributed by atoms with Crippen molar-refractivity contribution < 1.29 is 4.79 Å². The Hall–Kier alpha value is -2.36. The molecule has 84 valence electrons. The summed E-state index contributed by atoms with van der Waals surface area (Å²) in [5, 5.41) is 3.87. The SMILES string of the molecule is CC(=O)Nc1cc2ccccc2n2ccnc12. The van der Waals surface area contributed by atoms with Gasteiger partial charge in [-0.05, 0) is 12.1 Å². The van der Waals surface area contributed by atoms with Gasteiger partial charge in [0, 0.05) is 24.7 Å². The van der Waals surface area contributed by atoms with Crippen molar-refractivity contribution in [2.24, 2.45) is 0 Å². The molecule has 0 unspecified atom stereocenters. The zero-order valence-corrected chi connectivity index (χ0v) is 9.34. The van der Waals surface area contributed by atoms with Crippen molar-refractivity contribution in [2.45, 2.75) is 6.92 Å². The maximum absolute atomic E-state index is 11.2. The third-order valence-electron chi connectivity index (χ3n) is 2.69. The molecule has 4 nitrogen and oxygen atoms in total. The fourth-order valence-electron chi connectivity index (χ4n) is 2.03. The Kier molecular flexibility index (Phi) is 2.08. The quantitative estimate of drug-likeness (QED) is 0.691. The number of nitrogens with zero attached hydrogens (tertiary/aromatic N) is 2. The second-order valence-corrected chi connectivity index (χ2v) is 3.92. The number of hydrogen-bond donors (Lipinski definition) is 1. The van der Waals surface area contributed by atoms with Gasteiger partial charge in [0.05, 0.1) is 11.2 Å². The average molecular weight is 225 g/mol. The van der Waals surface area contributed by atoms with E-state index in [1.165, 1.54) is 6.92 Å². The first kappa shape index (κ1) is 9.84. The lowest BCUT2D eigenvalue weighted by Crippen LogP contribution is -2.07. The molecular weight excluding hydrogens is 214 g/mol. The van der Waals surface area contributed by atoms with Gasteiger partial charge in [-0.3, -0.25) is 9.20 Å². The molecule has 0 saturated heterocycles. The lowest BCUT2D eigenvalue weighted by Gasteiger charge is -2.08. The third-order valence-corrected chi connectivity index (χ3v) is 2.69. The van der Waals surface area contributed by atoms with E-state index in [9.17, 15) is 4.79 Å². The molecule has 0 bridgehead atoms. The van der Waals surface area contributed by atoms with Gasteiger partial charge in [0.25, 0.3) is 0 Å². The lowest BCUT2D eigenvalue weighted by molar-refractivity contribution is -0.114. The van der Waals surface area contributed by atoms with Crippen molar-refractivity contribution in [3.8, 4) is 0 Å². The van der Waals surface area contributed by atoms with Crippen LogP contribution in [0.3, 0.4) is 0 Å². The van der Waals surface area contributed by atoms with Crippen molar-refractivity contribution in [3.05, 3.63) is 42.7 Å². The van der Waals surface area contributed by atoms with Crippen LogP contribution in [0.25, 0.3) is 16.6 Å². The van der Waals surface area contributed by atoms with Gasteiger partial charge in [0.15, 0.2) is 5.65 Å². The summed E-state index contributed by atoms with van der Waals surface area (Å²) in [5.74, 6) is -0.0924. The van der Waals surface area contributed by atoms with E-state index in [0.717, 1.165) is 22.2 Å². The average Bonchev–Trinajstić information content (AvgIpc) is 2.78. The second kappa shape index (κ2) is 3.59. The Labute approximate surface area is 97.9 Å². The first-order chi connectivity index (χ1) is 8.25. The van der Waals surface area contributed by atoms with E-state index < -0.39 is 0 Å². The number of fused-ring (bicyclic) bond motifs is 3. The number of rotatable bonds is 1. The standard InChI is InChI=1S/C13H11N3O/c1-9(17)15-11-8-10-4-2-3-5-12(10)16-7-6-14-13(11)16/h2-8H,1H3,(H,15,17). The zero-order chi connectivity index (χ0) is 11.8. The van der Waals surface area contributed by atoms with Crippen LogP contribution in [0.15, 0.2) is 42.7 Å². The molecule has 0 aliphatic carbocycles. The van der Waals surface area contributed by atoms with Crippen LogP contribution in [0.5, 0.6) is 0 Å². The van der Waals surface area contributed by atoms with Crippen molar-refractivity contribution in [2.75, 3.05) is 5.32 Å². The van der Waals surface area contributed by atoms with Crippen LogP contribution in [0.2, 0.25) is 0 Å².